The summed E-state index contributed by atoms with van der Waals surface area (Å²) in [6, 6.07) is 5.94. The summed E-state index contributed by atoms with van der Waals surface area (Å²) >= 11 is 0. The molecule has 1 aliphatic heterocycles. The van der Waals surface area contributed by atoms with Crippen molar-refractivity contribution in [3.05, 3.63) is 35.9 Å². The highest BCUT2D eigenvalue weighted by Crippen LogP contribution is 2.21. The van der Waals surface area contributed by atoms with E-state index < -0.39 is 0 Å². The topological polar surface area (TPSA) is 52.4 Å². The van der Waals surface area contributed by atoms with Crippen LogP contribution in [0.15, 0.2) is 24.3 Å². The third-order valence-electron chi connectivity index (χ3n) is 4.19. The van der Waals surface area contributed by atoms with Crippen molar-refractivity contribution in [1.29, 1.82) is 0 Å². The zero-order valence-electron chi connectivity index (χ0n) is 14.3. The van der Waals surface area contributed by atoms with Crippen LogP contribution in [0.25, 0.3) is 0 Å². The van der Waals surface area contributed by atoms with E-state index in [1.165, 1.54) is 12.1 Å². The lowest BCUT2D eigenvalue weighted by Gasteiger charge is -2.36. The van der Waals surface area contributed by atoms with E-state index in [0.29, 0.717) is 5.75 Å². The summed E-state index contributed by atoms with van der Waals surface area (Å²) < 4.78 is 26.4. The van der Waals surface area contributed by atoms with Crippen LogP contribution < -0.4 is 9.64 Å². The van der Waals surface area contributed by atoms with E-state index in [1.807, 2.05) is 11.6 Å². The highest BCUT2D eigenvalue weighted by molar-refractivity contribution is 5.32. The maximum Gasteiger partial charge on any atom is 0.227 e. The zero-order chi connectivity index (χ0) is 17.1. The molecule has 0 aliphatic carbocycles. The van der Waals surface area contributed by atoms with Crippen molar-refractivity contribution in [2.45, 2.75) is 39.1 Å². The van der Waals surface area contributed by atoms with Crippen molar-refractivity contribution in [3.63, 3.8) is 0 Å². The van der Waals surface area contributed by atoms with Crippen LogP contribution in [0.4, 0.5) is 10.3 Å². The monoisotopic (exact) mass is 334 g/mol. The first-order valence-corrected chi connectivity index (χ1v) is 8.24. The average molecular weight is 334 g/mol. The minimum atomic E-state index is -0.282. The summed E-state index contributed by atoms with van der Waals surface area (Å²) in [5.74, 6) is 1.87. The van der Waals surface area contributed by atoms with Gasteiger partial charge in [-0.25, -0.2) is 4.39 Å². The number of hydrogen-bond donors (Lipinski definition) is 0. The van der Waals surface area contributed by atoms with E-state index >= 15 is 0 Å². The molecule has 24 heavy (non-hydrogen) atoms. The molecule has 2 heterocycles. The van der Waals surface area contributed by atoms with Gasteiger partial charge in [0, 0.05) is 20.1 Å². The molecule has 3 rings (SSSR count). The maximum absolute atomic E-state index is 12.9. The van der Waals surface area contributed by atoms with E-state index in [4.69, 9.17) is 9.47 Å². The average Bonchev–Trinajstić information content (AvgIpc) is 2.94. The van der Waals surface area contributed by atoms with Crippen LogP contribution in [-0.2, 0) is 18.4 Å². The fourth-order valence-electron chi connectivity index (χ4n) is 2.87. The van der Waals surface area contributed by atoms with Gasteiger partial charge >= 0.3 is 0 Å². The van der Waals surface area contributed by atoms with Crippen LogP contribution in [0, 0.1) is 5.82 Å². The number of hydrogen-bond acceptors (Lipinski definition) is 5. The van der Waals surface area contributed by atoms with Gasteiger partial charge in [-0.3, -0.25) is 4.57 Å². The Hall–Kier alpha value is -2.15. The molecule has 6 nitrogen and oxygen atoms in total. The molecule has 1 aromatic heterocycles. The number of morpholine rings is 1. The van der Waals surface area contributed by atoms with Crippen LogP contribution in [-0.4, -0.2) is 40.1 Å². The number of halogens is 1. The fraction of sp³-hybridized carbons (Fsp3) is 0.529. The molecule has 1 saturated heterocycles. The minimum Gasteiger partial charge on any atom is -0.486 e. The molecule has 0 amide bonds. The van der Waals surface area contributed by atoms with Crippen LogP contribution in [0.2, 0.25) is 0 Å². The van der Waals surface area contributed by atoms with Gasteiger partial charge in [0.1, 0.15) is 18.2 Å². The molecule has 130 valence electrons. The number of anilines is 1. The van der Waals surface area contributed by atoms with Gasteiger partial charge in [-0.15, -0.1) is 10.2 Å². The third-order valence-corrected chi connectivity index (χ3v) is 4.19. The van der Waals surface area contributed by atoms with Crippen molar-refractivity contribution in [2.75, 3.05) is 18.0 Å². The van der Waals surface area contributed by atoms with E-state index in [1.54, 1.807) is 12.1 Å². The Balaban J connectivity index is 1.68. The summed E-state index contributed by atoms with van der Waals surface area (Å²) in [5.41, 5.74) is 0. The molecule has 0 bridgehead atoms. The first-order valence-electron chi connectivity index (χ1n) is 8.24. The van der Waals surface area contributed by atoms with Crippen molar-refractivity contribution >= 4 is 5.95 Å². The van der Waals surface area contributed by atoms with Gasteiger partial charge in [0.2, 0.25) is 5.95 Å². The van der Waals surface area contributed by atoms with Gasteiger partial charge in [0.05, 0.1) is 12.2 Å². The molecule has 2 aromatic rings. The Morgan fingerprint density at radius 3 is 2.71 bits per heavy atom. The summed E-state index contributed by atoms with van der Waals surface area (Å²) in [5, 5.41) is 8.54. The van der Waals surface area contributed by atoms with Crippen molar-refractivity contribution in [2.24, 2.45) is 7.05 Å². The quantitative estimate of drug-likeness (QED) is 0.841. The maximum atomic E-state index is 12.9. The SMILES string of the molecule is CCC1CN(c2nnc(COc3ccc(F)cc3)n2C)CC(C)O1. The van der Waals surface area contributed by atoms with E-state index in [0.717, 1.165) is 31.3 Å². The molecule has 1 fully saturated rings. The van der Waals surface area contributed by atoms with Crippen molar-refractivity contribution in [3.8, 4) is 5.75 Å². The van der Waals surface area contributed by atoms with Gasteiger partial charge in [0.25, 0.3) is 0 Å². The van der Waals surface area contributed by atoms with Crippen molar-refractivity contribution < 1.29 is 13.9 Å². The van der Waals surface area contributed by atoms with Gasteiger partial charge in [0.15, 0.2) is 5.82 Å². The molecule has 7 heteroatoms. The first-order chi connectivity index (χ1) is 11.6. The Kier molecular flexibility index (Phi) is 4.99. The molecule has 0 spiro atoms. The highest BCUT2D eigenvalue weighted by Gasteiger charge is 2.27. The number of ether oxygens (including phenoxy) is 2. The smallest absolute Gasteiger partial charge is 0.227 e. The number of benzene rings is 1. The van der Waals surface area contributed by atoms with Crippen LogP contribution in [0.1, 0.15) is 26.1 Å². The Labute approximate surface area is 141 Å². The predicted octanol–water partition coefficient (Wildman–Crippen LogP) is 2.54. The molecular formula is C17H23FN4O2. The van der Waals surface area contributed by atoms with Gasteiger partial charge in [-0.1, -0.05) is 6.92 Å². The minimum absolute atomic E-state index is 0.166. The summed E-state index contributed by atoms with van der Waals surface area (Å²) in [7, 11) is 1.93. The van der Waals surface area contributed by atoms with Crippen LogP contribution in [0.3, 0.4) is 0 Å². The molecule has 1 aromatic carbocycles. The number of aromatic nitrogens is 3. The highest BCUT2D eigenvalue weighted by atomic mass is 19.1. The molecule has 0 radical (unpaired) electrons. The van der Waals surface area contributed by atoms with Gasteiger partial charge in [-0.05, 0) is 37.6 Å². The zero-order valence-corrected chi connectivity index (χ0v) is 14.3. The molecule has 1 aliphatic rings. The predicted molar refractivity (Wildman–Crippen MR) is 88.6 cm³/mol. The summed E-state index contributed by atoms with van der Waals surface area (Å²) in [6.07, 6.45) is 1.35. The molecule has 2 atom stereocenters. The standard InChI is InChI=1S/C17H23FN4O2/c1-4-14-10-22(9-12(2)24-14)17-20-19-16(21(17)3)11-23-15-7-5-13(18)6-8-15/h5-8,12,14H,4,9-11H2,1-3H3. The molecule has 0 N–H and O–H groups in total. The first kappa shape index (κ1) is 16.7. The second-order valence-electron chi connectivity index (χ2n) is 6.10. The molecular weight excluding hydrogens is 311 g/mol. The molecule has 2 unspecified atom stereocenters. The lowest BCUT2D eigenvalue weighted by molar-refractivity contribution is -0.0178. The normalized spacial score (nSPS) is 21.1. The lowest BCUT2D eigenvalue weighted by atomic mass is 10.2. The number of nitrogens with zero attached hydrogens (tertiary/aromatic N) is 4. The van der Waals surface area contributed by atoms with Crippen molar-refractivity contribution in [1.82, 2.24) is 14.8 Å². The van der Waals surface area contributed by atoms with Crippen LogP contribution >= 0.6 is 0 Å². The summed E-state index contributed by atoms with van der Waals surface area (Å²) in [6.45, 7) is 6.09. The van der Waals surface area contributed by atoms with Gasteiger partial charge in [-0.2, -0.15) is 0 Å². The lowest BCUT2D eigenvalue weighted by Crippen LogP contribution is -2.47. The second-order valence-corrected chi connectivity index (χ2v) is 6.10. The van der Waals surface area contributed by atoms with Gasteiger partial charge < -0.3 is 14.4 Å². The van der Waals surface area contributed by atoms with E-state index in [2.05, 4.69) is 28.9 Å². The Morgan fingerprint density at radius 2 is 2.00 bits per heavy atom. The third kappa shape index (κ3) is 3.67. The Bertz CT molecular complexity index is 674. The fourth-order valence-corrected chi connectivity index (χ4v) is 2.87. The number of rotatable bonds is 5. The largest absolute Gasteiger partial charge is 0.486 e. The van der Waals surface area contributed by atoms with E-state index in [9.17, 15) is 4.39 Å². The molecule has 0 saturated carbocycles. The Morgan fingerprint density at radius 1 is 1.25 bits per heavy atom. The second kappa shape index (κ2) is 7.17. The van der Waals surface area contributed by atoms with Crippen LogP contribution in [0.5, 0.6) is 5.75 Å². The van der Waals surface area contributed by atoms with E-state index in [-0.39, 0.29) is 24.6 Å². The summed E-state index contributed by atoms with van der Waals surface area (Å²) in [4.78, 5) is 2.21.